The second kappa shape index (κ2) is 10.7. The second-order valence-electron chi connectivity index (χ2n) is 9.41. The zero-order valence-corrected chi connectivity index (χ0v) is 20.5. The van der Waals surface area contributed by atoms with Gasteiger partial charge in [-0.1, -0.05) is 48.0 Å². The minimum absolute atomic E-state index is 0.0426. The van der Waals surface area contributed by atoms with E-state index in [0.717, 1.165) is 31.6 Å². The molecule has 2 N–H and O–H groups in total. The summed E-state index contributed by atoms with van der Waals surface area (Å²) in [4.78, 5) is 32.4. The number of carbonyl (C=O) groups excluding carboxylic acids is 2. The third-order valence-corrected chi connectivity index (χ3v) is 7.34. The molecule has 2 aliphatic rings. The normalized spacial score (nSPS) is 20.2. The first kappa shape index (κ1) is 24.3. The molecule has 7 nitrogen and oxygen atoms in total. The molecule has 2 saturated heterocycles. The number of benzene rings is 2. The quantitative estimate of drug-likeness (QED) is 0.481. The smallest absolute Gasteiger partial charge is 0.393 e. The van der Waals surface area contributed by atoms with E-state index >= 15 is 0 Å². The predicted molar refractivity (Wildman–Crippen MR) is 134 cm³/mol. The van der Waals surface area contributed by atoms with E-state index in [9.17, 15) is 14.0 Å². The van der Waals surface area contributed by atoms with Crippen LogP contribution in [0.1, 0.15) is 28.4 Å². The van der Waals surface area contributed by atoms with Crippen LogP contribution in [0.5, 0.6) is 5.88 Å². The van der Waals surface area contributed by atoms with Crippen molar-refractivity contribution in [1.82, 2.24) is 20.1 Å². The Balaban J connectivity index is 1.16. The minimum Gasteiger partial charge on any atom is -0.393 e. The first-order chi connectivity index (χ1) is 17.5. The molecule has 3 heterocycles. The van der Waals surface area contributed by atoms with Crippen LogP contribution in [0.3, 0.4) is 0 Å². The van der Waals surface area contributed by atoms with Gasteiger partial charge in [-0.05, 0) is 42.0 Å². The van der Waals surface area contributed by atoms with Crippen LogP contribution in [0.2, 0.25) is 5.02 Å². The number of halogens is 2. The van der Waals surface area contributed by atoms with E-state index in [-0.39, 0.29) is 22.5 Å². The van der Waals surface area contributed by atoms with Gasteiger partial charge in [0.25, 0.3) is 5.91 Å². The number of likely N-dealkylation sites (tertiary alicyclic amines) is 2. The number of amides is 2. The summed E-state index contributed by atoms with van der Waals surface area (Å²) < 4.78 is 19.6. The van der Waals surface area contributed by atoms with Crippen LogP contribution in [0.4, 0.5) is 9.18 Å². The van der Waals surface area contributed by atoms with Gasteiger partial charge in [0.2, 0.25) is 5.88 Å². The molecule has 3 atom stereocenters. The monoisotopic (exact) mass is 510 g/mol. The van der Waals surface area contributed by atoms with Crippen molar-refractivity contribution in [3.63, 3.8) is 0 Å². The van der Waals surface area contributed by atoms with Gasteiger partial charge in [0.1, 0.15) is 5.82 Å². The van der Waals surface area contributed by atoms with Gasteiger partial charge in [0.15, 0.2) is 0 Å². The molecular formula is C27H28ClFN4O3. The maximum absolute atomic E-state index is 14.2. The Morgan fingerprint density at radius 3 is 2.44 bits per heavy atom. The molecule has 0 spiro atoms. The standard InChI is InChI=1S/C27H28ClFN4O3/c28-21-8-4-9-22(29)25(21)26(34)33-16-19-14-32(15-20(19)17-33)13-11-23(18-6-2-1-3-7-18)31-27(35)36-24-10-5-12-30-24/h1-10,12,19-20,23,30H,11,13-17H2,(H,31,35)/t19-,20?,23?/m0/s1. The molecule has 0 saturated carbocycles. The van der Waals surface area contributed by atoms with Gasteiger partial charge >= 0.3 is 6.09 Å². The minimum atomic E-state index is -0.583. The summed E-state index contributed by atoms with van der Waals surface area (Å²) >= 11 is 6.11. The third-order valence-electron chi connectivity index (χ3n) is 7.03. The van der Waals surface area contributed by atoms with Crippen LogP contribution in [-0.4, -0.2) is 59.5 Å². The fourth-order valence-corrected chi connectivity index (χ4v) is 5.51. The first-order valence-electron chi connectivity index (χ1n) is 12.1. The lowest BCUT2D eigenvalue weighted by atomic mass is 10.0. The number of rotatable bonds is 7. The summed E-state index contributed by atoms with van der Waals surface area (Å²) in [7, 11) is 0. The fraction of sp³-hybridized carbons (Fsp3) is 0.333. The van der Waals surface area contributed by atoms with Gasteiger partial charge in [0.05, 0.1) is 16.6 Å². The molecule has 2 fully saturated rings. The van der Waals surface area contributed by atoms with Crippen molar-refractivity contribution >= 4 is 23.6 Å². The summed E-state index contributed by atoms with van der Waals surface area (Å²) in [6.45, 7) is 3.69. The van der Waals surface area contributed by atoms with E-state index in [4.69, 9.17) is 16.3 Å². The third kappa shape index (κ3) is 5.39. The van der Waals surface area contributed by atoms with Gasteiger partial charge in [-0.2, -0.15) is 0 Å². The number of aromatic nitrogens is 1. The molecular weight excluding hydrogens is 483 g/mol. The van der Waals surface area contributed by atoms with Crippen molar-refractivity contribution < 1.29 is 18.7 Å². The van der Waals surface area contributed by atoms with Crippen LogP contribution in [0.25, 0.3) is 0 Å². The van der Waals surface area contributed by atoms with Crippen LogP contribution < -0.4 is 10.1 Å². The number of nitrogens with zero attached hydrogens (tertiary/aromatic N) is 2. The highest BCUT2D eigenvalue weighted by Crippen LogP contribution is 2.33. The Labute approximate surface area is 214 Å². The molecule has 0 bridgehead atoms. The van der Waals surface area contributed by atoms with Crippen LogP contribution in [0, 0.1) is 17.7 Å². The van der Waals surface area contributed by atoms with Crippen molar-refractivity contribution in [2.45, 2.75) is 12.5 Å². The lowest BCUT2D eigenvalue weighted by Gasteiger charge is -2.25. The van der Waals surface area contributed by atoms with E-state index in [1.807, 2.05) is 30.3 Å². The number of fused-ring (bicyclic) bond motifs is 1. The van der Waals surface area contributed by atoms with Gasteiger partial charge in [-0.25, -0.2) is 9.18 Å². The zero-order chi connectivity index (χ0) is 25.1. The molecule has 2 aliphatic heterocycles. The lowest BCUT2D eigenvalue weighted by molar-refractivity contribution is 0.0769. The number of H-pyrrole nitrogens is 1. The Hall–Kier alpha value is -3.36. The molecule has 5 rings (SSSR count). The molecule has 2 amide bonds. The number of hydrogen-bond acceptors (Lipinski definition) is 4. The predicted octanol–water partition coefficient (Wildman–Crippen LogP) is 4.73. The number of ether oxygens (including phenoxy) is 1. The van der Waals surface area contributed by atoms with Crippen LogP contribution in [0.15, 0.2) is 66.9 Å². The Bertz CT molecular complexity index is 1170. The Morgan fingerprint density at radius 1 is 1.03 bits per heavy atom. The van der Waals surface area contributed by atoms with Crippen molar-refractivity contribution in [2.75, 3.05) is 32.7 Å². The van der Waals surface area contributed by atoms with Crippen molar-refractivity contribution in [3.8, 4) is 5.88 Å². The molecule has 1 aromatic heterocycles. The molecule has 3 aromatic rings. The highest BCUT2D eigenvalue weighted by Gasteiger charge is 2.42. The Morgan fingerprint density at radius 2 is 1.78 bits per heavy atom. The lowest BCUT2D eigenvalue weighted by Crippen LogP contribution is -2.36. The van der Waals surface area contributed by atoms with E-state index in [2.05, 4.69) is 15.2 Å². The van der Waals surface area contributed by atoms with E-state index < -0.39 is 11.9 Å². The second-order valence-corrected chi connectivity index (χ2v) is 9.81. The highest BCUT2D eigenvalue weighted by molar-refractivity contribution is 6.33. The summed E-state index contributed by atoms with van der Waals surface area (Å²) in [5.41, 5.74) is 0.970. The first-order valence-corrected chi connectivity index (χ1v) is 12.5. The molecule has 2 unspecified atom stereocenters. The summed E-state index contributed by atoms with van der Waals surface area (Å²) in [5, 5.41) is 3.13. The molecule has 9 heteroatoms. The number of carbonyl (C=O) groups is 2. The molecule has 188 valence electrons. The van der Waals surface area contributed by atoms with Crippen LogP contribution in [-0.2, 0) is 0 Å². The average molecular weight is 511 g/mol. The van der Waals surface area contributed by atoms with Gasteiger partial charge in [-0.15, -0.1) is 0 Å². The topological polar surface area (TPSA) is 77.7 Å². The van der Waals surface area contributed by atoms with E-state index in [0.29, 0.717) is 30.8 Å². The SMILES string of the molecule is O=C(NC(CCN1CC2CN(C(=O)c3c(F)cccc3Cl)C[C@@H]2C1)c1ccccc1)Oc1ccc[nH]1. The molecule has 0 radical (unpaired) electrons. The van der Waals surface area contributed by atoms with E-state index in [1.165, 1.54) is 12.1 Å². The maximum Gasteiger partial charge on any atom is 0.414 e. The van der Waals surface area contributed by atoms with Crippen molar-refractivity contribution in [2.24, 2.45) is 11.8 Å². The van der Waals surface area contributed by atoms with E-state index in [1.54, 1.807) is 29.3 Å². The van der Waals surface area contributed by atoms with Gasteiger partial charge < -0.3 is 24.8 Å². The summed E-state index contributed by atoms with van der Waals surface area (Å²) in [6.07, 6.45) is 1.91. The Kier molecular flexibility index (Phi) is 7.25. The largest absolute Gasteiger partial charge is 0.414 e. The molecule has 36 heavy (non-hydrogen) atoms. The maximum atomic E-state index is 14.2. The number of hydrogen-bond donors (Lipinski definition) is 2. The highest BCUT2D eigenvalue weighted by atomic mass is 35.5. The number of aromatic amines is 1. The molecule has 2 aromatic carbocycles. The van der Waals surface area contributed by atoms with Crippen molar-refractivity contribution in [3.05, 3.63) is 88.8 Å². The van der Waals surface area contributed by atoms with Gasteiger partial charge in [0, 0.05) is 45.0 Å². The fourth-order valence-electron chi connectivity index (χ4n) is 5.27. The average Bonchev–Trinajstić information content (AvgIpc) is 3.59. The van der Waals surface area contributed by atoms with Crippen molar-refractivity contribution in [1.29, 1.82) is 0 Å². The summed E-state index contributed by atoms with van der Waals surface area (Å²) in [5.74, 6) is 0.136. The molecule has 0 aliphatic carbocycles. The van der Waals surface area contributed by atoms with Crippen LogP contribution >= 0.6 is 11.6 Å². The summed E-state index contributed by atoms with van der Waals surface area (Å²) in [6, 6.07) is 17.4. The van der Waals surface area contributed by atoms with Gasteiger partial charge in [-0.3, -0.25) is 4.79 Å². The zero-order valence-electron chi connectivity index (χ0n) is 19.7. The number of nitrogens with one attached hydrogen (secondary N) is 2.